The maximum atomic E-state index is 10.2. The summed E-state index contributed by atoms with van der Waals surface area (Å²) in [7, 11) is 2.16. The molecule has 0 saturated heterocycles. The minimum Gasteiger partial charge on any atom is -0.389 e. The average Bonchev–Trinajstić information content (AvgIpc) is 2.44. The van der Waals surface area contributed by atoms with Crippen molar-refractivity contribution in [3.05, 3.63) is 0 Å². The molecule has 2 rings (SSSR count). The number of aliphatic hydroxyl groups is 1. The van der Waals surface area contributed by atoms with E-state index < -0.39 is 0 Å². The van der Waals surface area contributed by atoms with Crippen molar-refractivity contribution in [2.24, 2.45) is 5.92 Å². The van der Waals surface area contributed by atoms with E-state index in [2.05, 4.69) is 11.9 Å². The molecule has 0 amide bonds. The third-order valence-corrected chi connectivity index (χ3v) is 3.89. The monoisotopic (exact) mass is 197 g/mol. The van der Waals surface area contributed by atoms with Crippen LogP contribution in [0.1, 0.15) is 44.9 Å². The van der Waals surface area contributed by atoms with Crippen molar-refractivity contribution in [3.8, 4) is 0 Å². The molecule has 14 heavy (non-hydrogen) atoms. The van der Waals surface area contributed by atoms with Gasteiger partial charge < -0.3 is 10.0 Å². The molecule has 0 aliphatic heterocycles. The highest BCUT2D eigenvalue weighted by molar-refractivity contribution is 4.87. The second kappa shape index (κ2) is 4.19. The molecular formula is C12H23NO. The Morgan fingerprint density at radius 1 is 1.21 bits per heavy atom. The van der Waals surface area contributed by atoms with E-state index in [9.17, 15) is 5.11 Å². The topological polar surface area (TPSA) is 23.5 Å². The average molecular weight is 197 g/mol. The molecular weight excluding hydrogens is 174 g/mol. The third-order valence-electron chi connectivity index (χ3n) is 3.89. The Kier molecular flexibility index (Phi) is 3.13. The van der Waals surface area contributed by atoms with E-state index in [0.29, 0.717) is 0 Å². The van der Waals surface area contributed by atoms with Gasteiger partial charge in [0.15, 0.2) is 0 Å². The van der Waals surface area contributed by atoms with Gasteiger partial charge in [-0.25, -0.2) is 0 Å². The van der Waals surface area contributed by atoms with Crippen LogP contribution in [-0.4, -0.2) is 35.7 Å². The summed E-state index contributed by atoms with van der Waals surface area (Å²) < 4.78 is 0. The minimum absolute atomic E-state index is 0.349. The van der Waals surface area contributed by atoms with E-state index in [-0.39, 0.29) is 5.60 Å². The van der Waals surface area contributed by atoms with E-state index in [1.165, 1.54) is 38.6 Å². The summed E-state index contributed by atoms with van der Waals surface area (Å²) in [5.74, 6) is 0.921. The molecule has 0 spiro atoms. The molecule has 0 atom stereocenters. The Balaban J connectivity index is 1.72. The molecule has 0 radical (unpaired) electrons. The predicted molar refractivity (Wildman–Crippen MR) is 58.3 cm³/mol. The Morgan fingerprint density at radius 2 is 1.86 bits per heavy atom. The Hall–Kier alpha value is -0.0800. The summed E-state index contributed by atoms with van der Waals surface area (Å²) in [6.07, 6.45) is 8.69. The van der Waals surface area contributed by atoms with Crippen LogP contribution in [0.2, 0.25) is 0 Å². The van der Waals surface area contributed by atoms with E-state index in [4.69, 9.17) is 0 Å². The number of hydrogen-bond donors (Lipinski definition) is 1. The SMILES string of the molecule is CN(CC1CCC1)CC1(O)CCCC1. The molecule has 2 fully saturated rings. The van der Waals surface area contributed by atoms with Crippen molar-refractivity contribution in [1.29, 1.82) is 0 Å². The fourth-order valence-corrected chi connectivity index (χ4v) is 2.87. The first-order chi connectivity index (χ1) is 6.68. The van der Waals surface area contributed by atoms with Gasteiger partial charge >= 0.3 is 0 Å². The van der Waals surface area contributed by atoms with Crippen LogP contribution in [0.25, 0.3) is 0 Å². The Labute approximate surface area is 87.3 Å². The largest absolute Gasteiger partial charge is 0.389 e. The maximum absolute atomic E-state index is 10.2. The second-order valence-corrected chi connectivity index (χ2v) is 5.43. The smallest absolute Gasteiger partial charge is 0.0774 e. The molecule has 0 heterocycles. The lowest BCUT2D eigenvalue weighted by Crippen LogP contribution is -2.41. The molecule has 0 unspecified atom stereocenters. The highest BCUT2D eigenvalue weighted by Crippen LogP contribution is 2.31. The minimum atomic E-state index is -0.349. The van der Waals surface area contributed by atoms with Crippen LogP contribution in [0.4, 0.5) is 0 Å². The van der Waals surface area contributed by atoms with Crippen molar-refractivity contribution in [2.45, 2.75) is 50.5 Å². The first-order valence-electron chi connectivity index (χ1n) is 6.09. The predicted octanol–water partition coefficient (Wildman–Crippen LogP) is 2.02. The van der Waals surface area contributed by atoms with Crippen molar-refractivity contribution in [3.63, 3.8) is 0 Å². The molecule has 2 aliphatic carbocycles. The van der Waals surface area contributed by atoms with Crippen LogP contribution in [0, 0.1) is 5.92 Å². The molecule has 82 valence electrons. The standard InChI is InChI=1S/C12H23NO/c1-13(9-11-5-4-6-11)10-12(14)7-2-3-8-12/h11,14H,2-10H2,1H3. The lowest BCUT2D eigenvalue weighted by Gasteiger charge is -2.34. The summed E-state index contributed by atoms with van der Waals surface area (Å²) in [6.45, 7) is 2.09. The van der Waals surface area contributed by atoms with E-state index in [1.54, 1.807) is 0 Å². The van der Waals surface area contributed by atoms with E-state index in [1.807, 2.05) is 0 Å². The van der Waals surface area contributed by atoms with Gasteiger partial charge in [0.2, 0.25) is 0 Å². The van der Waals surface area contributed by atoms with Gasteiger partial charge in [-0.15, -0.1) is 0 Å². The molecule has 2 saturated carbocycles. The van der Waals surface area contributed by atoms with Gasteiger partial charge in [-0.2, -0.15) is 0 Å². The Morgan fingerprint density at radius 3 is 2.36 bits per heavy atom. The number of rotatable bonds is 4. The fraction of sp³-hybridized carbons (Fsp3) is 1.00. The van der Waals surface area contributed by atoms with Gasteiger partial charge in [0.1, 0.15) is 0 Å². The summed E-state index contributed by atoms with van der Waals surface area (Å²) in [6, 6.07) is 0. The van der Waals surface area contributed by atoms with Crippen molar-refractivity contribution in [1.82, 2.24) is 4.90 Å². The summed E-state index contributed by atoms with van der Waals surface area (Å²) in [4.78, 5) is 2.34. The van der Waals surface area contributed by atoms with Gasteiger partial charge in [-0.3, -0.25) is 0 Å². The lowest BCUT2D eigenvalue weighted by atomic mass is 9.85. The first kappa shape index (κ1) is 10.4. The van der Waals surface area contributed by atoms with Crippen molar-refractivity contribution in [2.75, 3.05) is 20.1 Å². The van der Waals surface area contributed by atoms with Crippen LogP contribution in [0.15, 0.2) is 0 Å². The molecule has 0 aromatic heterocycles. The van der Waals surface area contributed by atoms with Crippen LogP contribution in [0.3, 0.4) is 0 Å². The molecule has 2 nitrogen and oxygen atoms in total. The van der Waals surface area contributed by atoms with Crippen LogP contribution >= 0.6 is 0 Å². The van der Waals surface area contributed by atoms with Gasteiger partial charge in [0.25, 0.3) is 0 Å². The quantitative estimate of drug-likeness (QED) is 0.745. The van der Waals surface area contributed by atoms with Gasteiger partial charge in [0, 0.05) is 13.1 Å². The summed E-state index contributed by atoms with van der Waals surface area (Å²) in [5.41, 5.74) is -0.349. The zero-order chi connectivity index (χ0) is 10.0. The van der Waals surface area contributed by atoms with Crippen LogP contribution in [-0.2, 0) is 0 Å². The van der Waals surface area contributed by atoms with Gasteiger partial charge in [-0.1, -0.05) is 19.3 Å². The molecule has 0 bridgehead atoms. The molecule has 0 aromatic rings. The summed E-state index contributed by atoms with van der Waals surface area (Å²) >= 11 is 0. The van der Waals surface area contributed by atoms with Crippen molar-refractivity contribution < 1.29 is 5.11 Å². The molecule has 2 aliphatic rings. The zero-order valence-electron chi connectivity index (χ0n) is 9.34. The summed E-state index contributed by atoms with van der Waals surface area (Å²) in [5, 5.41) is 10.2. The van der Waals surface area contributed by atoms with E-state index in [0.717, 1.165) is 25.3 Å². The van der Waals surface area contributed by atoms with Crippen LogP contribution < -0.4 is 0 Å². The van der Waals surface area contributed by atoms with Gasteiger partial charge in [0.05, 0.1) is 5.60 Å². The fourth-order valence-electron chi connectivity index (χ4n) is 2.87. The normalized spacial score (nSPS) is 26.8. The van der Waals surface area contributed by atoms with Crippen LogP contribution in [0.5, 0.6) is 0 Å². The van der Waals surface area contributed by atoms with Crippen molar-refractivity contribution >= 4 is 0 Å². The maximum Gasteiger partial charge on any atom is 0.0774 e. The highest BCUT2D eigenvalue weighted by Gasteiger charge is 2.32. The molecule has 1 N–H and O–H groups in total. The number of likely N-dealkylation sites (N-methyl/N-ethyl adjacent to an activating group) is 1. The zero-order valence-corrected chi connectivity index (χ0v) is 9.34. The third kappa shape index (κ3) is 2.48. The second-order valence-electron chi connectivity index (χ2n) is 5.43. The number of hydrogen-bond acceptors (Lipinski definition) is 2. The van der Waals surface area contributed by atoms with E-state index >= 15 is 0 Å². The number of nitrogens with zero attached hydrogens (tertiary/aromatic N) is 1. The first-order valence-corrected chi connectivity index (χ1v) is 6.09. The molecule has 0 aromatic carbocycles. The molecule has 2 heteroatoms. The highest BCUT2D eigenvalue weighted by atomic mass is 16.3. The van der Waals surface area contributed by atoms with Gasteiger partial charge in [-0.05, 0) is 38.6 Å². The lowest BCUT2D eigenvalue weighted by molar-refractivity contribution is 0.00969. The Bertz CT molecular complexity index is 183.